The van der Waals surface area contributed by atoms with E-state index in [0.29, 0.717) is 6.42 Å². The fraction of sp³-hybridized carbons (Fsp3) is 0.280. The second kappa shape index (κ2) is 9.02. The van der Waals surface area contributed by atoms with Crippen LogP contribution in [-0.4, -0.2) is 38.7 Å². The smallest absolute Gasteiger partial charge is 0.207 e. The minimum Gasteiger partial charge on any atom is -0.207 e. The van der Waals surface area contributed by atoms with Crippen LogP contribution in [0.5, 0.6) is 0 Å². The second-order valence-electron chi connectivity index (χ2n) is 8.56. The second-order valence-corrected chi connectivity index (χ2v) is 12.4. The Kier molecular flexibility index (Phi) is 6.46. The van der Waals surface area contributed by atoms with Gasteiger partial charge in [0.15, 0.2) is 0 Å². The van der Waals surface area contributed by atoms with Crippen molar-refractivity contribution >= 4 is 20.0 Å². The lowest BCUT2D eigenvalue weighted by atomic mass is 10.0. The SMILES string of the molecule is Cc1ccc(S(=O)(=O)N2CCC(c3cccc(C)c3)N(S(=O)(=O)c3ccc(C)cc3)C2)cc1. The number of hydrogen-bond acceptors (Lipinski definition) is 4. The molecule has 4 rings (SSSR count). The van der Waals surface area contributed by atoms with Crippen LogP contribution in [-0.2, 0) is 20.0 Å². The van der Waals surface area contributed by atoms with Gasteiger partial charge in [-0.25, -0.2) is 16.8 Å². The third-order valence-corrected chi connectivity index (χ3v) is 9.71. The number of rotatable bonds is 5. The lowest BCUT2D eigenvalue weighted by molar-refractivity contribution is 0.170. The lowest BCUT2D eigenvalue weighted by Crippen LogP contribution is -2.50. The molecule has 6 nitrogen and oxygen atoms in total. The van der Waals surface area contributed by atoms with Crippen molar-refractivity contribution in [2.45, 2.75) is 43.0 Å². The number of nitrogens with zero attached hydrogens (tertiary/aromatic N) is 2. The first-order chi connectivity index (χ1) is 15.6. The molecular formula is C25H28N2O4S2. The molecule has 33 heavy (non-hydrogen) atoms. The van der Waals surface area contributed by atoms with E-state index >= 15 is 0 Å². The predicted octanol–water partition coefficient (Wildman–Crippen LogP) is 4.40. The van der Waals surface area contributed by atoms with Gasteiger partial charge in [0.05, 0.1) is 22.5 Å². The van der Waals surface area contributed by atoms with Gasteiger partial charge in [-0.3, -0.25) is 0 Å². The van der Waals surface area contributed by atoms with E-state index in [1.807, 2.05) is 45.0 Å². The summed E-state index contributed by atoms with van der Waals surface area (Å²) in [5.74, 6) is 0. The molecule has 174 valence electrons. The van der Waals surface area contributed by atoms with Gasteiger partial charge in [-0.05, 0) is 57.0 Å². The number of aryl methyl sites for hydroxylation is 3. The van der Waals surface area contributed by atoms with E-state index in [1.165, 1.54) is 8.61 Å². The fourth-order valence-corrected chi connectivity index (χ4v) is 7.17. The standard InChI is InChI=1S/C25H28N2O4S2/c1-19-7-11-23(12-8-19)32(28,29)26-16-15-25(22-6-4-5-21(3)17-22)27(18-26)33(30,31)24-13-9-20(2)10-14-24/h4-14,17,25H,15-16,18H2,1-3H3. The quantitative estimate of drug-likeness (QED) is 0.538. The zero-order valence-corrected chi connectivity index (χ0v) is 20.6. The van der Waals surface area contributed by atoms with Gasteiger partial charge in [0.2, 0.25) is 20.0 Å². The Hall–Kier alpha value is -2.52. The van der Waals surface area contributed by atoms with Gasteiger partial charge in [-0.15, -0.1) is 0 Å². The Morgan fingerprint density at radius 1 is 0.697 bits per heavy atom. The maximum atomic E-state index is 13.7. The molecule has 0 radical (unpaired) electrons. The van der Waals surface area contributed by atoms with Crippen LogP contribution in [0.3, 0.4) is 0 Å². The van der Waals surface area contributed by atoms with Crippen LogP contribution in [0.25, 0.3) is 0 Å². The first-order valence-corrected chi connectivity index (χ1v) is 13.7. The highest BCUT2D eigenvalue weighted by Crippen LogP contribution is 2.36. The van der Waals surface area contributed by atoms with E-state index in [1.54, 1.807) is 48.5 Å². The highest BCUT2D eigenvalue weighted by atomic mass is 32.2. The molecular weight excluding hydrogens is 456 g/mol. The van der Waals surface area contributed by atoms with Gasteiger partial charge in [-0.1, -0.05) is 65.2 Å². The monoisotopic (exact) mass is 484 g/mol. The highest BCUT2D eigenvalue weighted by molar-refractivity contribution is 7.90. The fourth-order valence-electron chi connectivity index (χ4n) is 4.09. The minimum absolute atomic E-state index is 0.153. The lowest BCUT2D eigenvalue weighted by Gasteiger charge is -2.40. The minimum atomic E-state index is -3.94. The van der Waals surface area contributed by atoms with E-state index in [2.05, 4.69) is 0 Å². The summed E-state index contributed by atoms with van der Waals surface area (Å²) in [5, 5.41) is 0. The summed E-state index contributed by atoms with van der Waals surface area (Å²) in [7, 11) is -7.79. The molecule has 8 heteroatoms. The summed E-state index contributed by atoms with van der Waals surface area (Å²) < 4.78 is 56.7. The third kappa shape index (κ3) is 4.75. The molecule has 0 saturated carbocycles. The van der Waals surface area contributed by atoms with Crippen molar-refractivity contribution in [1.29, 1.82) is 0 Å². The van der Waals surface area contributed by atoms with E-state index < -0.39 is 26.1 Å². The van der Waals surface area contributed by atoms with Crippen molar-refractivity contribution in [2.75, 3.05) is 13.2 Å². The van der Waals surface area contributed by atoms with Crippen molar-refractivity contribution in [1.82, 2.24) is 8.61 Å². The Bertz CT molecular complexity index is 1350. The van der Waals surface area contributed by atoms with Crippen LogP contribution in [0.15, 0.2) is 82.6 Å². The Morgan fingerprint density at radius 3 is 1.79 bits per heavy atom. The Labute approximate surface area is 196 Å². The zero-order valence-electron chi connectivity index (χ0n) is 19.0. The molecule has 0 spiro atoms. The van der Waals surface area contributed by atoms with Crippen LogP contribution in [0.1, 0.15) is 34.7 Å². The van der Waals surface area contributed by atoms with Crippen molar-refractivity contribution < 1.29 is 16.8 Å². The average molecular weight is 485 g/mol. The van der Waals surface area contributed by atoms with Crippen LogP contribution in [0.4, 0.5) is 0 Å². The van der Waals surface area contributed by atoms with Crippen molar-refractivity contribution in [3.8, 4) is 0 Å². The summed E-state index contributed by atoms with van der Waals surface area (Å²) >= 11 is 0. The van der Waals surface area contributed by atoms with E-state index in [4.69, 9.17) is 0 Å². The first-order valence-electron chi connectivity index (χ1n) is 10.8. The van der Waals surface area contributed by atoms with Gasteiger partial charge >= 0.3 is 0 Å². The van der Waals surface area contributed by atoms with Crippen molar-refractivity contribution in [3.63, 3.8) is 0 Å². The number of hydrogen-bond donors (Lipinski definition) is 0. The third-order valence-electron chi connectivity index (χ3n) is 6.01. The number of benzene rings is 3. The van der Waals surface area contributed by atoms with Gasteiger partial charge in [0.25, 0.3) is 0 Å². The molecule has 1 unspecified atom stereocenters. The Balaban J connectivity index is 1.76. The first kappa shape index (κ1) is 23.6. The van der Waals surface area contributed by atoms with Crippen LogP contribution >= 0.6 is 0 Å². The molecule has 0 amide bonds. The summed E-state index contributed by atoms with van der Waals surface area (Å²) in [6.45, 7) is 5.72. The molecule has 1 saturated heterocycles. The zero-order chi connectivity index (χ0) is 23.8. The molecule has 1 atom stereocenters. The van der Waals surface area contributed by atoms with Crippen molar-refractivity contribution in [2.24, 2.45) is 0 Å². The van der Waals surface area contributed by atoms with Crippen LogP contribution < -0.4 is 0 Å². The Morgan fingerprint density at radius 2 is 1.24 bits per heavy atom. The van der Waals surface area contributed by atoms with Crippen LogP contribution in [0, 0.1) is 20.8 Å². The molecule has 0 bridgehead atoms. The molecule has 0 aliphatic carbocycles. The molecule has 0 aromatic heterocycles. The van der Waals surface area contributed by atoms with E-state index in [9.17, 15) is 16.8 Å². The largest absolute Gasteiger partial charge is 0.244 e. The molecule has 1 aliphatic heterocycles. The van der Waals surface area contributed by atoms with Gasteiger partial charge in [0.1, 0.15) is 0 Å². The summed E-state index contributed by atoms with van der Waals surface area (Å²) in [5.41, 5.74) is 3.79. The predicted molar refractivity (Wildman–Crippen MR) is 129 cm³/mol. The average Bonchev–Trinajstić information content (AvgIpc) is 2.79. The molecule has 1 heterocycles. The van der Waals surface area contributed by atoms with Gasteiger partial charge in [0, 0.05) is 6.54 Å². The normalized spacial score (nSPS) is 18.3. The molecule has 1 fully saturated rings. The molecule has 3 aromatic carbocycles. The van der Waals surface area contributed by atoms with E-state index in [0.717, 1.165) is 22.3 Å². The molecule has 0 N–H and O–H groups in total. The summed E-state index contributed by atoms with van der Waals surface area (Å²) in [6, 6.07) is 20.5. The maximum Gasteiger partial charge on any atom is 0.244 e. The topological polar surface area (TPSA) is 74.8 Å². The van der Waals surface area contributed by atoms with Gasteiger partial charge in [-0.2, -0.15) is 8.61 Å². The summed E-state index contributed by atoms with van der Waals surface area (Å²) in [4.78, 5) is 0.315. The van der Waals surface area contributed by atoms with E-state index in [-0.39, 0.29) is 23.0 Å². The van der Waals surface area contributed by atoms with Crippen molar-refractivity contribution in [3.05, 3.63) is 95.1 Å². The van der Waals surface area contributed by atoms with Gasteiger partial charge < -0.3 is 0 Å². The van der Waals surface area contributed by atoms with Crippen LogP contribution in [0.2, 0.25) is 0 Å². The highest BCUT2D eigenvalue weighted by Gasteiger charge is 2.41. The molecule has 3 aromatic rings. The summed E-state index contributed by atoms with van der Waals surface area (Å²) in [6.07, 6.45) is 0.361. The maximum absolute atomic E-state index is 13.7. The molecule has 1 aliphatic rings. The number of sulfonamides is 2.